The van der Waals surface area contributed by atoms with Gasteiger partial charge in [-0.3, -0.25) is 14.6 Å². The van der Waals surface area contributed by atoms with Crippen molar-refractivity contribution in [1.82, 2.24) is 14.8 Å². The number of piperazine rings is 1. The van der Waals surface area contributed by atoms with Crippen LogP contribution in [0.3, 0.4) is 0 Å². The van der Waals surface area contributed by atoms with E-state index in [1.807, 2.05) is 48.5 Å². The van der Waals surface area contributed by atoms with Gasteiger partial charge >= 0.3 is 0 Å². The van der Waals surface area contributed by atoms with E-state index in [9.17, 15) is 9.59 Å². The smallest absolute Gasteiger partial charge is 0.245 e. The van der Waals surface area contributed by atoms with Gasteiger partial charge in [0.1, 0.15) is 11.8 Å². The third-order valence-electron chi connectivity index (χ3n) is 6.23. The molecule has 1 aliphatic heterocycles. The van der Waals surface area contributed by atoms with E-state index in [-0.39, 0.29) is 11.8 Å². The van der Waals surface area contributed by atoms with Crippen LogP contribution < -0.4 is 4.74 Å². The van der Waals surface area contributed by atoms with Gasteiger partial charge in [-0.05, 0) is 46.9 Å². The average Bonchev–Trinajstić information content (AvgIpc) is 2.86. The fourth-order valence-electron chi connectivity index (χ4n) is 4.30. The van der Waals surface area contributed by atoms with Crippen molar-refractivity contribution in [3.63, 3.8) is 0 Å². The number of hydrogen-bond donors (Lipinski definition) is 0. The zero-order valence-corrected chi connectivity index (χ0v) is 19.1. The lowest BCUT2D eigenvalue weighted by molar-refractivity contribution is -0.150. The molecule has 1 aromatic heterocycles. The molecule has 33 heavy (non-hydrogen) atoms. The highest BCUT2D eigenvalue weighted by Gasteiger charge is 2.35. The molecule has 1 fully saturated rings. The van der Waals surface area contributed by atoms with E-state index in [4.69, 9.17) is 4.74 Å². The first-order valence-corrected chi connectivity index (χ1v) is 11.2. The summed E-state index contributed by atoms with van der Waals surface area (Å²) < 4.78 is 5.41. The summed E-state index contributed by atoms with van der Waals surface area (Å²) in [5, 5.41) is 0. The zero-order valence-electron chi connectivity index (χ0n) is 19.1. The van der Waals surface area contributed by atoms with Crippen LogP contribution in [-0.4, -0.2) is 59.9 Å². The number of aromatic nitrogens is 1. The van der Waals surface area contributed by atoms with Gasteiger partial charge in [0.05, 0.1) is 7.11 Å². The molecule has 0 N–H and O–H groups in total. The van der Waals surface area contributed by atoms with Gasteiger partial charge in [0.15, 0.2) is 0 Å². The van der Waals surface area contributed by atoms with Crippen LogP contribution in [0.2, 0.25) is 0 Å². The molecule has 4 rings (SSSR count). The fraction of sp³-hybridized carbons (Fsp3) is 0.296. The van der Waals surface area contributed by atoms with Crippen LogP contribution in [0.5, 0.6) is 5.75 Å². The molecule has 3 aromatic rings. The number of carbonyl (C=O) groups excluding carboxylic acids is 2. The van der Waals surface area contributed by atoms with Crippen molar-refractivity contribution in [2.45, 2.75) is 25.3 Å². The van der Waals surface area contributed by atoms with Crippen LogP contribution in [-0.2, 0) is 22.4 Å². The number of amides is 2. The normalized spacial score (nSPS) is 16.1. The number of ether oxygens (including phenoxy) is 1. The first-order valence-electron chi connectivity index (χ1n) is 11.2. The zero-order chi connectivity index (χ0) is 23.2. The maximum atomic E-state index is 13.2. The number of hydrogen-bond acceptors (Lipinski definition) is 4. The quantitative estimate of drug-likeness (QED) is 0.560. The van der Waals surface area contributed by atoms with E-state index in [0.29, 0.717) is 32.4 Å². The summed E-state index contributed by atoms with van der Waals surface area (Å²) in [6.07, 6.45) is 4.97. The highest BCUT2D eigenvalue weighted by Crippen LogP contribution is 2.23. The average molecular weight is 444 g/mol. The van der Waals surface area contributed by atoms with Crippen molar-refractivity contribution in [2.24, 2.45) is 0 Å². The highest BCUT2D eigenvalue weighted by molar-refractivity contribution is 5.89. The maximum absolute atomic E-state index is 13.2. The molecule has 170 valence electrons. The van der Waals surface area contributed by atoms with Crippen LogP contribution in [0.4, 0.5) is 0 Å². The second kappa shape index (κ2) is 10.3. The Morgan fingerprint density at radius 3 is 2.42 bits per heavy atom. The van der Waals surface area contributed by atoms with Gasteiger partial charge in [-0.2, -0.15) is 0 Å². The Morgan fingerprint density at radius 1 is 1.00 bits per heavy atom. The molecule has 1 saturated heterocycles. The first-order chi connectivity index (χ1) is 16.1. The Bertz CT molecular complexity index is 1100. The van der Waals surface area contributed by atoms with Crippen LogP contribution >= 0.6 is 0 Å². The van der Waals surface area contributed by atoms with Crippen molar-refractivity contribution >= 4 is 11.8 Å². The molecule has 2 heterocycles. The third-order valence-corrected chi connectivity index (χ3v) is 6.23. The Labute approximate surface area is 194 Å². The molecule has 0 unspecified atom stereocenters. The predicted molar refractivity (Wildman–Crippen MR) is 128 cm³/mol. The van der Waals surface area contributed by atoms with Crippen molar-refractivity contribution in [2.75, 3.05) is 27.2 Å². The van der Waals surface area contributed by atoms with Crippen LogP contribution in [0.1, 0.15) is 17.5 Å². The van der Waals surface area contributed by atoms with Gasteiger partial charge in [0.2, 0.25) is 11.8 Å². The van der Waals surface area contributed by atoms with Gasteiger partial charge < -0.3 is 14.5 Å². The molecule has 0 saturated carbocycles. The molecule has 0 aliphatic carbocycles. The molecule has 6 heteroatoms. The Hall–Kier alpha value is -3.67. The topological polar surface area (TPSA) is 62.7 Å². The number of methoxy groups -OCH3 is 1. The van der Waals surface area contributed by atoms with E-state index >= 15 is 0 Å². The highest BCUT2D eigenvalue weighted by atomic mass is 16.5. The van der Waals surface area contributed by atoms with Gasteiger partial charge in [0, 0.05) is 45.4 Å². The molecule has 1 aliphatic rings. The van der Waals surface area contributed by atoms with Gasteiger partial charge in [-0.15, -0.1) is 0 Å². The number of aryl methyl sites for hydroxylation is 1. The summed E-state index contributed by atoms with van der Waals surface area (Å²) in [6.45, 7) is 1.10. The molecular weight excluding hydrogens is 414 g/mol. The number of para-hydroxylation sites is 1. The van der Waals surface area contributed by atoms with Gasteiger partial charge in [-0.1, -0.05) is 42.5 Å². The van der Waals surface area contributed by atoms with Crippen molar-refractivity contribution < 1.29 is 14.3 Å². The minimum Gasteiger partial charge on any atom is -0.496 e. The molecule has 2 amide bonds. The lowest BCUT2D eigenvalue weighted by atomic mass is 9.98. The second-order valence-corrected chi connectivity index (χ2v) is 8.31. The van der Waals surface area contributed by atoms with E-state index in [0.717, 1.165) is 28.0 Å². The van der Waals surface area contributed by atoms with E-state index in [2.05, 4.69) is 17.1 Å². The third kappa shape index (κ3) is 5.22. The number of pyridine rings is 1. The Morgan fingerprint density at radius 2 is 1.70 bits per heavy atom. The molecular formula is C27H29N3O3. The molecule has 2 aromatic carbocycles. The van der Waals surface area contributed by atoms with Crippen LogP contribution in [0.15, 0.2) is 73.1 Å². The molecule has 6 nitrogen and oxygen atoms in total. The Balaban J connectivity index is 1.47. The largest absolute Gasteiger partial charge is 0.496 e. The summed E-state index contributed by atoms with van der Waals surface area (Å²) >= 11 is 0. The molecule has 0 spiro atoms. The minimum atomic E-state index is -0.485. The summed E-state index contributed by atoms with van der Waals surface area (Å²) in [7, 11) is 3.44. The summed E-state index contributed by atoms with van der Waals surface area (Å²) in [5.41, 5.74) is 4.22. The molecule has 0 bridgehead atoms. The number of carbonyl (C=O) groups is 2. The van der Waals surface area contributed by atoms with Crippen LogP contribution in [0, 0.1) is 0 Å². The second-order valence-electron chi connectivity index (χ2n) is 8.31. The predicted octanol–water partition coefficient (Wildman–Crippen LogP) is 3.60. The fourth-order valence-corrected chi connectivity index (χ4v) is 4.30. The van der Waals surface area contributed by atoms with Crippen molar-refractivity contribution in [3.8, 4) is 16.9 Å². The minimum absolute atomic E-state index is 0.000705. The van der Waals surface area contributed by atoms with Gasteiger partial charge in [-0.25, -0.2) is 0 Å². The lowest BCUT2D eigenvalue weighted by Gasteiger charge is -2.39. The summed E-state index contributed by atoms with van der Waals surface area (Å²) in [5.74, 6) is 0.774. The first kappa shape index (κ1) is 22.5. The van der Waals surface area contributed by atoms with E-state index in [1.165, 1.54) is 0 Å². The maximum Gasteiger partial charge on any atom is 0.245 e. The van der Waals surface area contributed by atoms with Crippen molar-refractivity contribution in [1.29, 1.82) is 0 Å². The van der Waals surface area contributed by atoms with Gasteiger partial charge in [0.25, 0.3) is 0 Å². The SMILES string of the molecule is COc1ccccc1CCC(=O)N1CCN(C)C(=O)[C@H]1Cc1ccc(-c2ccncc2)cc1. The summed E-state index contributed by atoms with van der Waals surface area (Å²) in [6, 6.07) is 19.4. The summed E-state index contributed by atoms with van der Waals surface area (Å²) in [4.78, 5) is 33.7. The van der Waals surface area contributed by atoms with Crippen molar-refractivity contribution in [3.05, 3.63) is 84.2 Å². The monoisotopic (exact) mass is 443 g/mol. The lowest BCUT2D eigenvalue weighted by Crippen LogP contribution is -2.58. The Kier molecular flexibility index (Phi) is 7.03. The number of nitrogens with zero attached hydrogens (tertiary/aromatic N) is 3. The number of benzene rings is 2. The van der Waals surface area contributed by atoms with E-state index < -0.39 is 6.04 Å². The standard InChI is InChI=1S/C27H29N3O3/c1-29-17-18-30(26(31)12-11-23-5-3-4-6-25(23)33-2)24(27(29)32)19-20-7-9-21(10-8-20)22-13-15-28-16-14-22/h3-10,13-16,24H,11-12,17-19H2,1-2H3/t24-/m1/s1. The number of likely N-dealkylation sites (N-methyl/N-ethyl adjacent to an activating group) is 1. The van der Waals surface area contributed by atoms with E-state index in [1.54, 1.807) is 36.4 Å². The molecule has 0 radical (unpaired) electrons. The van der Waals surface area contributed by atoms with Crippen LogP contribution in [0.25, 0.3) is 11.1 Å². The number of rotatable bonds is 7. The molecule has 1 atom stereocenters.